The zero-order valence-corrected chi connectivity index (χ0v) is 20.9. The highest BCUT2D eigenvalue weighted by Gasteiger charge is 2.19. The molecule has 33 heavy (non-hydrogen) atoms. The molecule has 0 bridgehead atoms. The molecule has 3 aromatic rings. The number of hydrogen-bond acceptors (Lipinski definition) is 6. The van der Waals surface area contributed by atoms with E-state index in [9.17, 15) is 0 Å². The van der Waals surface area contributed by atoms with E-state index in [4.69, 9.17) is 33.2 Å². The summed E-state index contributed by atoms with van der Waals surface area (Å²) in [5, 5.41) is 5.84. The summed E-state index contributed by atoms with van der Waals surface area (Å²) in [5.41, 5.74) is 2.19. The van der Waals surface area contributed by atoms with Crippen molar-refractivity contribution in [2.45, 2.75) is 19.5 Å². The first-order chi connectivity index (χ1) is 16.0. The standard InChI is InChI=1S/C25H32Cl2N6/c1-31(2)11-5-10-28-25-20-6-3-4-7-23(20)29-24(30-25)18-33-14-12-32(13-15-33)17-19-8-9-21(26)22(27)16-19/h3-4,6-9,16H,5,10-15,17-18H2,1-2H3,(H,28,29,30). The van der Waals surface area contributed by atoms with Gasteiger partial charge >= 0.3 is 0 Å². The minimum Gasteiger partial charge on any atom is -0.369 e. The van der Waals surface area contributed by atoms with Crippen LogP contribution in [0.25, 0.3) is 10.9 Å². The molecular weight excluding hydrogens is 455 g/mol. The molecule has 0 amide bonds. The Morgan fingerprint density at radius 2 is 1.64 bits per heavy atom. The number of hydrogen-bond donors (Lipinski definition) is 1. The summed E-state index contributed by atoms with van der Waals surface area (Å²) in [6.07, 6.45) is 1.07. The van der Waals surface area contributed by atoms with E-state index < -0.39 is 0 Å². The summed E-state index contributed by atoms with van der Waals surface area (Å²) in [7, 11) is 4.20. The van der Waals surface area contributed by atoms with Crippen molar-refractivity contribution in [3.8, 4) is 0 Å². The van der Waals surface area contributed by atoms with E-state index in [2.05, 4.69) is 52.3 Å². The molecule has 0 aliphatic carbocycles. The maximum absolute atomic E-state index is 6.17. The van der Waals surface area contributed by atoms with Gasteiger partial charge in [0, 0.05) is 44.7 Å². The fourth-order valence-electron chi connectivity index (χ4n) is 4.13. The van der Waals surface area contributed by atoms with Crippen LogP contribution in [0.3, 0.4) is 0 Å². The molecule has 1 saturated heterocycles. The van der Waals surface area contributed by atoms with E-state index in [0.717, 1.165) is 81.3 Å². The molecule has 0 saturated carbocycles. The third kappa shape index (κ3) is 6.78. The smallest absolute Gasteiger partial charge is 0.145 e. The first-order valence-electron chi connectivity index (χ1n) is 11.5. The lowest BCUT2D eigenvalue weighted by molar-refractivity contribution is 0.120. The molecule has 1 aliphatic heterocycles. The summed E-state index contributed by atoms with van der Waals surface area (Å²) < 4.78 is 0. The average Bonchev–Trinajstić information content (AvgIpc) is 2.80. The van der Waals surface area contributed by atoms with Crippen LogP contribution in [0.5, 0.6) is 0 Å². The van der Waals surface area contributed by atoms with Crippen LogP contribution in [0.2, 0.25) is 10.0 Å². The number of para-hydroxylation sites is 1. The van der Waals surface area contributed by atoms with Crippen molar-refractivity contribution in [1.82, 2.24) is 24.7 Å². The molecule has 0 atom stereocenters. The van der Waals surface area contributed by atoms with Gasteiger partial charge in [-0.15, -0.1) is 0 Å². The van der Waals surface area contributed by atoms with Crippen molar-refractivity contribution in [3.63, 3.8) is 0 Å². The minimum atomic E-state index is 0.604. The Kier molecular flexibility index (Phi) is 8.39. The van der Waals surface area contributed by atoms with Crippen LogP contribution in [0.15, 0.2) is 42.5 Å². The highest BCUT2D eigenvalue weighted by Crippen LogP contribution is 2.24. The Balaban J connectivity index is 1.36. The predicted molar refractivity (Wildman–Crippen MR) is 138 cm³/mol. The maximum atomic E-state index is 6.17. The van der Waals surface area contributed by atoms with Crippen molar-refractivity contribution in [3.05, 3.63) is 63.9 Å². The molecule has 2 aromatic carbocycles. The molecule has 6 nitrogen and oxygen atoms in total. The highest BCUT2D eigenvalue weighted by atomic mass is 35.5. The van der Waals surface area contributed by atoms with Gasteiger partial charge in [0.15, 0.2) is 0 Å². The van der Waals surface area contributed by atoms with E-state index in [1.54, 1.807) is 0 Å². The number of piperazine rings is 1. The second kappa shape index (κ2) is 11.4. The van der Waals surface area contributed by atoms with Crippen molar-refractivity contribution in [2.75, 3.05) is 58.7 Å². The van der Waals surface area contributed by atoms with Crippen LogP contribution in [-0.2, 0) is 13.1 Å². The lowest BCUT2D eigenvalue weighted by atomic mass is 10.2. The number of benzene rings is 2. The minimum absolute atomic E-state index is 0.604. The SMILES string of the molecule is CN(C)CCCNc1nc(CN2CCN(Cc3ccc(Cl)c(Cl)c3)CC2)nc2ccccc12. The molecule has 1 aliphatic rings. The topological polar surface area (TPSA) is 47.5 Å². The molecule has 176 valence electrons. The number of nitrogens with one attached hydrogen (secondary N) is 1. The van der Waals surface area contributed by atoms with E-state index in [1.807, 2.05) is 24.3 Å². The first-order valence-corrected chi connectivity index (χ1v) is 12.3. The number of rotatable bonds is 9. The Labute approximate surface area is 206 Å². The van der Waals surface area contributed by atoms with Gasteiger partial charge in [-0.2, -0.15) is 0 Å². The van der Waals surface area contributed by atoms with Gasteiger partial charge in [0.1, 0.15) is 11.6 Å². The normalized spacial score (nSPS) is 15.4. The largest absolute Gasteiger partial charge is 0.369 e. The maximum Gasteiger partial charge on any atom is 0.145 e. The molecule has 2 heterocycles. The van der Waals surface area contributed by atoms with Crippen molar-refractivity contribution >= 4 is 39.9 Å². The number of nitrogens with zero attached hydrogens (tertiary/aromatic N) is 5. The van der Waals surface area contributed by atoms with Gasteiger partial charge < -0.3 is 10.2 Å². The van der Waals surface area contributed by atoms with Gasteiger partial charge in [-0.05, 0) is 56.9 Å². The fraction of sp³-hybridized carbons (Fsp3) is 0.440. The van der Waals surface area contributed by atoms with Crippen LogP contribution in [0.1, 0.15) is 17.8 Å². The van der Waals surface area contributed by atoms with E-state index in [1.165, 1.54) is 5.56 Å². The Morgan fingerprint density at radius 1 is 0.909 bits per heavy atom. The first kappa shape index (κ1) is 24.2. The molecule has 4 rings (SSSR count). The molecule has 1 aromatic heterocycles. The lowest BCUT2D eigenvalue weighted by Gasteiger charge is -2.34. The highest BCUT2D eigenvalue weighted by molar-refractivity contribution is 6.42. The molecule has 8 heteroatoms. The van der Waals surface area contributed by atoms with E-state index in [0.29, 0.717) is 10.0 Å². The quantitative estimate of drug-likeness (QED) is 0.445. The van der Waals surface area contributed by atoms with Crippen LogP contribution in [-0.4, -0.2) is 78.0 Å². The van der Waals surface area contributed by atoms with Crippen LogP contribution >= 0.6 is 23.2 Å². The Hall–Kier alpha value is -1.96. The van der Waals surface area contributed by atoms with Crippen LogP contribution < -0.4 is 5.32 Å². The zero-order valence-electron chi connectivity index (χ0n) is 19.4. The van der Waals surface area contributed by atoms with E-state index >= 15 is 0 Å². The average molecular weight is 487 g/mol. The van der Waals surface area contributed by atoms with Gasteiger partial charge in [-0.25, -0.2) is 9.97 Å². The van der Waals surface area contributed by atoms with Gasteiger partial charge in [-0.3, -0.25) is 9.80 Å². The summed E-state index contributed by atoms with van der Waals surface area (Å²) in [6, 6.07) is 14.1. The van der Waals surface area contributed by atoms with Crippen molar-refractivity contribution in [2.24, 2.45) is 0 Å². The fourth-order valence-corrected chi connectivity index (χ4v) is 4.45. The molecule has 0 unspecified atom stereocenters. The zero-order chi connectivity index (χ0) is 23.2. The van der Waals surface area contributed by atoms with Gasteiger partial charge in [0.25, 0.3) is 0 Å². The molecule has 1 fully saturated rings. The van der Waals surface area contributed by atoms with Gasteiger partial charge in [0.05, 0.1) is 22.1 Å². The second-order valence-electron chi connectivity index (χ2n) is 8.89. The number of aromatic nitrogens is 2. The molecule has 1 N–H and O–H groups in total. The third-order valence-electron chi connectivity index (χ3n) is 5.94. The van der Waals surface area contributed by atoms with Gasteiger partial charge in [0.2, 0.25) is 0 Å². The van der Waals surface area contributed by atoms with Crippen LogP contribution in [0.4, 0.5) is 5.82 Å². The van der Waals surface area contributed by atoms with E-state index in [-0.39, 0.29) is 0 Å². The molecular formula is C25H32Cl2N6. The monoisotopic (exact) mass is 486 g/mol. The number of halogens is 2. The third-order valence-corrected chi connectivity index (χ3v) is 6.68. The summed E-state index contributed by atoms with van der Waals surface area (Å²) in [5.74, 6) is 1.81. The van der Waals surface area contributed by atoms with Crippen LogP contribution in [0, 0.1) is 0 Å². The lowest BCUT2D eigenvalue weighted by Crippen LogP contribution is -2.45. The Morgan fingerprint density at radius 3 is 2.36 bits per heavy atom. The molecule has 0 spiro atoms. The van der Waals surface area contributed by atoms with Crippen molar-refractivity contribution < 1.29 is 0 Å². The summed E-state index contributed by atoms with van der Waals surface area (Å²) >= 11 is 12.2. The van der Waals surface area contributed by atoms with Gasteiger partial charge in [-0.1, -0.05) is 41.4 Å². The predicted octanol–water partition coefficient (Wildman–Crippen LogP) is 4.62. The summed E-state index contributed by atoms with van der Waals surface area (Å²) in [4.78, 5) is 16.8. The molecule has 0 radical (unpaired) electrons. The Bertz CT molecular complexity index is 1070. The second-order valence-corrected chi connectivity index (χ2v) is 9.70. The summed E-state index contributed by atoms with van der Waals surface area (Å²) in [6.45, 7) is 7.58. The number of fused-ring (bicyclic) bond motifs is 1. The number of anilines is 1. The van der Waals surface area contributed by atoms with Crippen molar-refractivity contribution in [1.29, 1.82) is 0 Å².